The van der Waals surface area contributed by atoms with Crippen molar-refractivity contribution >= 4 is 22.5 Å². The van der Waals surface area contributed by atoms with Gasteiger partial charge in [-0.15, -0.1) is 5.10 Å². The maximum absolute atomic E-state index is 14.9. The lowest BCUT2D eigenvalue weighted by Crippen LogP contribution is -2.17. The highest BCUT2D eigenvalue weighted by Crippen LogP contribution is 2.38. The number of benzene rings is 2. The van der Waals surface area contributed by atoms with Crippen LogP contribution in [-0.4, -0.2) is 41.4 Å². The third-order valence-corrected chi connectivity index (χ3v) is 5.39. The van der Waals surface area contributed by atoms with Gasteiger partial charge in [-0.3, -0.25) is 9.78 Å². The first-order valence-corrected chi connectivity index (χ1v) is 10.9. The number of nitrogens with zero attached hydrogens (tertiary/aromatic N) is 3. The van der Waals surface area contributed by atoms with E-state index >= 15 is 0 Å². The van der Waals surface area contributed by atoms with Gasteiger partial charge in [-0.05, 0) is 25.0 Å². The smallest absolute Gasteiger partial charge is 0.280 e. The number of halogens is 2. The van der Waals surface area contributed by atoms with Crippen molar-refractivity contribution < 1.29 is 32.5 Å². The molecule has 4 aromatic rings. The molecule has 1 N–H and O–H groups in total. The molecular weight excluding hydrogens is 474 g/mol. The van der Waals surface area contributed by atoms with E-state index in [1.807, 2.05) is 0 Å². The topological polar surface area (TPSA) is 105 Å². The number of carbonyl (C=O) groups excluding carboxylic acids is 1. The average molecular weight is 494 g/mol. The minimum Gasteiger partial charge on any atom is -0.493 e. The second-order valence-corrected chi connectivity index (χ2v) is 7.92. The second kappa shape index (κ2) is 9.61. The third kappa shape index (κ3) is 4.67. The molecule has 1 saturated carbocycles. The summed E-state index contributed by atoms with van der Waals surface area (Å²) in [6, 6.07) is 8.10. The second-order valence-electron chi connectivity index (χ2n) is 7.92. The molecule has 1 fully saturated rings. The van der Waals surface area contributed by atoms with Gasteiger partial charge in [0, 0.05) is 41.5 Å². The summed E-state index contributed by atoms with van der Waals surface area (Å²) < 4.78 is 51.7. The SMILES string of the molecule is COc1cc2nccc(Oc3c(F)cc(NC(=O)c4nnccc4OC4CC4)cc3F)c2cc1OC. The number of anilines is 1. The van der Waals surface area contributed by atoms with Crippen LogP contribution < -0.4 is 24.3 Å². The van der Waals surface area contributed by atoms with E-state index in [2.05, 4.69) is 20.5 Å². The minimum absolute atomic E-state index is 0.0254. The molecule has 9 nitrogen and oxygen atoms in total. The van der Waals surface area contributed by atoms with Crippen molar-refractivity contribution in [1.82, 2.24) is 15.2 Å². The fourth-order valence-corrected chi connectivity index (χ4v) is 3.50. The Labute approximate surface area is 204 Å². The number of ether oxygens (including phenoxy) is 4. The van der Waals surface area contributed by atoms with E-state index in [-0.39, 0.29) is 29.0 Å². The van der Waals surface area contributed by atoms with E-state index in [0.717, 1.165) is 25.0 Å². The summed E-state index contributed by atoms with van der Waals surface area (Å²) in [6.07, 6.45) is 4.63. The molecule has 5 rings (SSSR count). The maximum Gasteiger partial charge on any atom is 0.280 e. The number of methoxy groups -OCH3 is 2. The predicted octanol–water partition coefficient (Wildman–Crippen LogP) is 4.91. The normalized spacial score (nSPS) is 12.8. The van der Waals surface area contributed by atoms with Gasteiger partial charge in [-0.1, -0.05) is 0 Å². The Kier molecular flexibility index (Phi) is 6.19. The van der Waals surface area contributed by atoms with Crippen molar-refractivity contribution in [3.63, 3.8) is 0 Å². The largest absolute Gasteiger partial charge is 0.493 e. The van der Waals surface area contributed by atoms with Gasteiger partial charge < -0.3 is 24.3 Å². The fourth-order valence-electron chi connectivity index (χ4n) is 3.50. The number of amides is 1. The van der Waals surface area contributed by atoms with E-state index in [1.165, 1.54) is 38.7 Å². The van der Waals surface area contributed by atoms with Crippen molar-refractivity contribution in [1.29, 1.82) is 0 Å². The van der Waals surface area contributed by atoms with Crippen LogP contribution in [0.4, 0.5) is 14.5 Å². The first-order valence-electron chi connectivity index (χ1n) is 10.9. The number of hydrogen-bond donors (Lipinski definition) is 1. The molecule has 0 aliphatic heterocycles. The van der Waals surface area contributed by atoms with Crippen molar-refractivity contribution in [3.8, 4) is 28.7 Å². The third-order valence-electron chi connectivity index (χ3n) is 5.39. The molecule has 0 saturated heterocycles. The molecule has 1 aliphatic carbocycles. The van der Waals surface area contributed by atoms with Crippen LogP contribution in [0.5, 0.6) is 28.7 Å². The number of rotatable bonds is 8. The van der Waals surface area contributed by atoms with Crippen molar-refractivity contribution in [2.45, 2.75) is 18.9 Å². The van der Waals surface area contributed by atoms with Crippen molar-refractivity contribution in [2.24, 2.45) is 0 Å². The number of aromatic nitrogens is 3. The van der Waals surface area contributed by atoms with Gasteiger partial charge in [-0.2, -0.15) is 5.10 Å². The molecule has 36 heavy (non-hydrogen) atoms. The summed E-state index contributed by atoms with van der Waals surface area (Å²) in [7, 11) is 2.95. The fraction of sp³-hybridized carbons (Fsp3) is 0.200. The van der Waals surface area contributed by atoms with Crippen LogP contribution in [0.2, 0.25) is 0 Å². The van der Waals surface area contributed by atoms with Crippen LogP contribution in [0.3, 0.4) is 0 Å². The van der Waals surface area contributed by atoms with Crippen LogP contribution in [0, 0.1) is 11.6 Å². The van der Waals surface area contributed by atoms with E-state index in [9.17, 15) is 13.6 Å². The molecule has 2 heterocycles. The van der Waals surface area contributed by atoms with Gasteiger partial charge in [0.25, 0.3) is 5.91 Å². The number of carbonyl (C=O) groups is 1. The zero-order valence-corrected chi connectivity index (χ0v) is 19.2. The zero-order chi connectivity index (χ0) is 25.2. The Morgan fingerprint density at radius 3 is 2.33 bits per heavy atom. The summed E-state index contributed by atoms with van der Waals surface area (Å²) in [5.41, 5.74) is 0.262. The number of fused-ring (bicyclic) bond motifs is 1. The lowest BCUT2D eigenvalue weighted by atomic mass is 10.1. The Hall–Kier alpha value is -4.54. The highest BCUT2D eigenvalue weighted by atomic mass is 19.1. The molecule has 1 amide bonds. The molecule has 11 heteroatoms. The average Bonchev–Trinajstić information content (AvgIpc) is 3.69. The van der Waals surface area contributed by atoms with Crippen molar-refractivity contribution in [2.75, 3.05) is 19.5 Å². The molecule has 1 aliphatic rings. The van der Waals surface area contributed by atoms with E-state index in [4.69, 9.17) is 18.9 Å². The Morgan fingerprint density at radius 2 is 1.64 bits per heavy atom. The van der Waals surface area contributed by atoms with Gasteiger partial charge in [0.15, 0.2) is 40.3 Å². The Balaban J connectivity index is 1.41. The molecular formula is C25H20F2N4O5. The number of pyridine rings is 1. The monoisotopic (exact) mass is 494 g/mol. The van der Waals surface area contributed by atoms with Gasteiger partial charge in [0.05, 0.1) is 32.0 Å². The quantitative estimate of drug-likeness (QED) is 0.369. The zero-order valence-electron chi connectivity index (χ0n) is 19.2. The molecule has 0 spiro atoms. The van der Waals surface area contributed by atoms with Gasteiger partial charge in [-0.25, -0.2) is 8.78 Å². The van der Waals surface area contributed by atoms with Crippen LogP contribution in [-0.2, 0) is 0 Å². The highest BCUT2D eigenvalue weighted by molar-refractivity contribution is 6.04. The minimum atomic E-state index is -1.02. The lowest BCUT2D eigenvalue weighted by molar-refractivity contribution is 0.101. The Bertz CT molecular complexity index is 1440. The van der Waals surface area contributed by atoms with Crippen LogP contribution in [0.1, 0.15) is 23.3 Å². The molecule has 0 radical (unpaired) electrons. The van der Waals surface area contributed by atoms with E-state index in [1.54, 1.807) is 12.1 Å². The van der Waals surface area contributed by atoms with Crippen LogP contribution >= 0.6 is 0 Å². The van der Waals surface area contributed by atoms with Gasteiger partial charge in [0.1, 0.15) is 5.75 Å². The first kappa shape index (κ1) is 23.2. The van der Waals surface area contributed by atoms with Gasteiger partial charge >= 0.3 is 0 Å². The molecule has 0 atom stereocenters. The summed E-state index contributed by atoms with van der Waals surface area (Å²) >= 11 is 0. The van der Waals surface area contributed by atoms with Gasteiger partial charge in [0.2, 0.25) is 0 Å². The molecule has 184 valence electrons. The molecule has 2 aromatic carbocycles. The lowest BCUT2D eigenvalue weighted by Gasteiger charge is -2.14. The predicted molar refractivity (Wildman–Crippen MR) is 125 cm³/mol. The standard InChI is InChI=1S/C25H20F2N4O5/c1-33-21-11-15-18(12-22(21)34-2)28-7-5-19(15)36-24-16(26)9-13(10-17(24)27)30-25(32)23-20(6-8-29-31-23)35-14-3-4-14/h5-12,14H,3-4H2,1-2H3,(H,30,32). The first-order chi connectivity index (χ1) is 17.5. The summed E-state index contributed by atoms with van der Waals surface area (Å²) in [5.74, 6) is -2.16. The summed E-state index contributed by atoms with van der Waals surface area (Å²) in [4.78, 5) is 16.9. The summed E-state index contributed by atoms with van der Waals surface area (Å²) in [6.45, 7) is 0. The molecule has 0 unspecified atom stereocenters. The maximum atomic E-state index is 14.9. The highest BCUT2D eigenvalue weighted by Gasteiger charge is 2.27. The summed E-state index contributed by atoms with van der Waals surface area (Å²) in [5, 5.41) is 10.4. The number of hydrogen-bond acceptors (Lipinski definition) is 8. The molecule has 0 bridgehead atoms. The number of nitrogens with one attached hydrogen (secondary N) is 1. The van der Waals surface area contributed by atoms with Crippen LogP contribution in [0.25, 0.3) is 10.9 Å². The molecule has 2 aromatic heterocycles. The Morgan fingerprint density at radius 1 is 0.944 bits per heavy atom. The van der Waals surface area contributed by atoms with Crippen LogP contribution in [0.15, 0.2) is 48.8 Å². The van der Waals surface area contributed by atoms with Crippen molar-refractivity contribution in [3.05, 3.63) is 66.1 Å². The van der Waals surface area contributed by atoms with E-state index < -0.39 is 23.3 Å². The van der Waals surface area contributed by atoms with E-state index in [0.29, 0.717) is 22.4 Å².